The van der Waals surface area contributed by atoms with Gasteiger partial charge in [-0.1, -0.05) is 39.8 Å². The van der Waals surface area contributed by atoms with Crippen LogP contribution < -0.4 is 10.1 Å². The molecule has 4 rings (SSSR count). The number of rotatable bonds is 7. The second-order valence-electron chi connectivity index (χ2n) is 10.3. The summed E-state index contributed by atoms with van der Waals surface area (Å²) < 4.78 is 17.3. The number of hydrogen-bond donors (Lipinski definition) is 1. The third kappa shape index (κ3) is 3.54. The molecule has 5 nitrogen and oxygen atoms in total. The van der Waals surface area contributed by atoms with Gasteiger partial charge in [0, 0.05) is 25.7 Å². The van der Waals surface area contributed by atoms with Crippen LogP contribution in [0.4, 0.5) is 0 Å². The molecule has 1 aliphatic heterocycles. The monoisotopic (exact) mass is 415 g/mol. The minimum Gasteiger partial charge on any atom is -0.491 e. The molecule has 5 heteroatoms. The molecule has 0 radical (unpaired) electrons. The van der Waals surface area contributed by atoms with Crippen molar-refractivity contribution in [3.63, 3.8) is 0 Å². The SMILES string of the molecule is COCCOc1cccc([C@H]2OCCC34C[C@@H](C[C@H]23)C(C)(C)[C@@H]4NC(=O)C(C)C)c1. The zero-order valence-electron chi connectivity index (χ0n) is 19.1. The molecule has 2 bridgehead atoms. The van der Waals surface area contributed by atoms with Crippen LogP contribution in [0.3, 0.4) is 0 Å². The summed E-state index contributed by atoms with van der Waals surface area (Å²) in [4.78, 5) is 12.7. The Morgan fingerprint density at radius 1 is 1.30 bits per heavy atom. The van der Waals surface area contributed by atoms with E-state index in [9.17, 15) is 4.79 Å². The highest BCUT2D eigenvalue weighted by atomic mass is 16.5. The van der Waals surface area contributed by atoms with Crippen LogP contribution >= 0.6 is 0 Å². The Labute approximate surface area is 180 Å². The molecular formula is C25H37NO4. The second kappa shape index (κ2) is 8.16. The average Bonchev–Trinajstić information content (AvgIpc) is 3.20. The van der Waals surface area contributed by atoms with Crippen LogP contribution in [0, 0.1) is 28.6 Å². The van der Waals surface area contributed by atoms with Crippen LogP contribution in [0.15, 0.2) is 24.3 Å². The smallest absolute Gasteiger partial charge is 0.222 e. The maximum atomic E-state index is 12.7. The molecule has 30 heavy (non-hydrogen) atoms. The summed E-state index contributed by atoms with van der Waals surface area (Å²) in [6.07, 6.45) is 3.45. The molecule has 2 aliphatic carbocycles. The van der Waals surface area contributed by atoms with Crippen LogP contribution in [-0.4, -0.2) is 38.9 Å². The Hall–Kier alpha value is -1.59. The molecule has 1 heterocycles. The molecule has 1 amide bonds. The molecule has 1 aromatic rings. The molecule has 0 aromatic heterocycles. The number of benzene rings is 1. The van der Waals surface area contributed by atoms with Crippen molar-refractivity contribution in [1.82, 2.24) is 5.32 Å². The van der Waals surface area contributed by atoms with Crippen LogP contribution in [0.25, 0.3) is 0 Å². The van der Waals surface area contributed by atoms with E-state index in [2.05, 4.69) is 37.4 Å². The van der Waals surface area contributed by atoms with Crippen molar-refractivity contribution in [1.29, 1.82) is 0 Å². The third-order valence-corrected chi connectivity index (χ3v) is 8.06. The maximum absolute atomic E-state index is 12.7. The van der Waals surface area contributed by atoms with Gasteiger partial charge in [-0.25, -0.2) is 0 Å². The number of nitrogens with one attached hydrogen (secondary N) is 1. The second-order valence-corrected chi connectivity index (χ2v) is 10.3. The first kappa shape index (κ1) is 21.6. The van der Waals surface area contributed by atoms with Crippen molar-refractivity contribution in [2.45, 2.75) is 59.1 Å². The number of hydrogen-bond acceptors (Lipinski definition) is 4. The topological polar surface area (TPSA) is 56.8 Å². The highest BCUT2D eigenvalue weighted by molar-refractivity contribution is 5.78. The van der Waals surface area contributed by atoms with Crippen molar-refractivity contribution in [2.24, 2.45) is 28.6 Å². The molecule has 1 N–H and O–H groups in total. The maximum Gasteiger partial charge on any atom is 0.222 e. The summed E-state index contributed by atoms with van der Waals surface area (Å²) in [5.74, 6) is 2.08. The highest BCUT2D eigenvalue weighted by Crippen LogP contribution is 2.70. The van der Waals surface area contributed by atoms with Gasteiger partial charge in [0.15, 0.2) is 0 Å². The average molecular weight is 416 g/mol. The Kier molecular flexibility index (Phi) is 5.88. The van der Waals surface area contributed by atoms with Gasteiger partial charge in [-0.2, -0.15) is 0 Å². The van der Waals surface area contributed by atoms with E-state index in [1.54, 1.807) is 7.11 Å². The number of fused-ring (bicyclic) bond motifs is 1. The predicted molar refractivity (Wildman–Crippen MR) is 116 cm³/mol. The van der Waals surface area contributed by atoms with Gasteiger partial charge in [0.2, 0.25) is 5.91 Å². The van der Waals surface area contributed by atoms with Crippen LogP contribution in [0.5, 0.6) is 5.75 Å². The lowest BCUT2D eigenvalue weighted by Crippen LogP contribution is -2.59. The van der Waals surface area contributed by atoms with Gasteiger partial charge >= 0.3 is 0 Å². The molecule has 1 saturated heterocycles. The van der Waals surface area contributed by atoms with E-state index >= 15 is 0 Å². The van der Waals surface area contributed by atoms with Crippen LogP contribution in [0.2, 0.25) is 0 Å². The zero-order valence-corrected chi connectivity index (χ0v) is 19.1. The summed E-state index contributed by atoms with van der Waals surface area (Å²) in [6, 6.07) is 8.53. The van der Waals surface area contributed by atoms with Gasteiger partial charge < -0.3 is 19.5 Å². The standard InChI is InChI=1S/C25H37NO4/c1-16(2)22(27)26-23-24(3,4)18-14-20-21(30-10-9-25(20,23)15-18)17-7-6-8-19(13-17)29-12-11-28-5/h6-8,13,16,18,20-21,23H,9-12,14-15H2,1-5H3,(H,26,27)/t18-,20-,21-,23+,25?/m1/s1. The molecule has 3 aliphatic rings. The molecule has 1 spiro atoms. The van der Waals surface area contributed by atoms with Crippen LogP contribution in [0.1, 0.15) is 58.6 Å². The number of carbonyl (C=O) groups is 1. The van der Waals surface area contributed by atoms with Gasteiger partial charge in [0.05, 0.1) is 12.7 Å². The van der Waals surface area contributed by atoms with E-state index in [4.69, 9.17) is 14.2 Å². The molecule has 1 aromatic carbocycles. The predicted octanol–water partition coefficient (Wildman–Crippen LogP) is 4.37. The van der Waals surface area contributed by atoms with E-state index < -0.39 is 0 Å². The van der Waals surface area contributed by atoms with Crippen molar-refractivity contribution in [2.75, 3.05) is 26.9 Å². The summed E-state index contributed by atoms with van der Waals surface area (Å²) >= 11 is 0. The first-order valence-electron chi connectivity index (χ1n) is 11.4. The molecule has 166 valence electrons. The third-order valence-electron chi connectivity index (χ3n) is 8.06. The largest absolute Gasteiger partial charge is 0.491 e. The minimum atomic E-state index is 0.00587. The number of ether oxygens (including phenoxy) is 3. The van der Waals surface area contributed by atoms with Gasteiger partial charge in [-0.05, 0) is 59.6 Å². The van der Waals surface area contributed by atoms with E-state index in [0.717, 1.165) is 18.8 Å². The first-order valence-corrected chi connectivity index (χ1v) is 11.4. The number of carbonyl (C=O) groups excluding carboxylic acids is 1. The van der Waals surface area contributed by atoms with Crippen molar-refractivity contribution >= 4 is 5.91 Å². The Balaban J connectivity index is 1.60. The van der Waals surface area contributed by atoms with Gasteiger partial charge in [-0.15, -0.1) is 0 Å². The van der Waals surface area contributed by atoms with E-state index in [1.165, 1.54) is 18.4 Å². The van der Waals surface area contributed by atoms with Gasteiger partial charge in [-0.3, -0.25) is 4.79 Å². The Bertz CT molecular complexity index is 776. The molecule has 3 fully saturated rings. The lowest BCUT2D eigenvalue weighted by Gasteiger charge is -2.53. The van der Waals surface area contributed by atoms with Crippen molar-refractivity contribution in [3.8, 4) is 5.75 Å². The summed E-state index contributed by atoms with van der Waals surface area (Å²) in [7, 11) is 1.68. The van der Waals surface area contributed by atoms with E-state index in [-0.39, 0.29) is 34.8 Å². The fourth-order valence-electron chi connectivity index (χ4n) is 6.45. The number of methoxy groups -OCH3 is 1. The number of amides is 1. The highest BCUT2D eigenvalue weighted by Gasteiger charge is 2.68. The molecular weight excluding hydrogens is 378 g/mol. The molecule has 1 unspecified atom stereocenters. The normalized spacial score (nSPS) is 34.1. The quantitative estimate of drug-likeness (QED) is 0.672. The zero-order chi connectivity index (χ0) is 21.5. The van der Waals surface area contributed by atoms with E-state index in [1.807, 2.05) is 19.9 Å². The molecule has 5 atom stereocenters. The Morgan fingerprint density at radius 2 is 2.10 bits per heavy atom. The minimum absolute atomic E-state index is 0.00587. The summed E-state index contributed by atoms with van der Waals surface area (Å²) in [6.45, 7) is 10.5. The van der Waals surface area contributed by atoms with Crippen LogP contribution in [-0.2, 0) is 14.3 Å². The lowest BCUT2D eigenvalue weighted by atomic mass is 9.58. The first-order chi connectivity index (χ1) is 14.3. The fraction of sp³-hybridized carbons (Fsp3) is 0.720. The van der Waals surface area contributed by atoms with Crippen molar-refractivity contribution in [3.05, 3.63) is 29.8 Å². The lowest BCUT2D eigenvalue weighted by molar-refractivity contribution is -0.139. The van der Waals surface area contributed by atoms with Crippen molar-refractivity contribution < 1.29 is 19.0 Å². The van der Waals surface area contributed by atoms with Gasteiger partial charge in [0.25, 0.3) is 0 Å². The van der Waals surface area contributed by atoms with Gasteiger partial charge in [0.1, 0.15) is 12.4 Å². The Morgan fingerprint density at radius 3 is 2.83 bits per heavy atom. The summed E-state index contributed by atoms with van der Waals surface area (Å²) in [5, 5.41) is 3.47. The molecule has 2 saturated carbocycles. The van der Waals surface area contributed by atoms with E-state index in [0.29, 0.717) is 25.0 Å². The summed E-state index contributed by atoms with van der Waals surface area (Å²) in [5.41, 5.74) is 1.43. The fourth-order valence-corrected chi connectivity index (χ4v) is 6.45.